The minimum atomic E-state index is 0.806. The van der Waals surface area contributed by atoms with E-state index in [-0.39, 0.29) is 0 Å². The summed E-state index contributed by atoms with van der Waals surface area (Å²) < 4.78 is 5.16. The first-order valence-corrected chi connectivity index (χ1v) is 20.8. The van der Waals surface area contributed by atoms with Crippen LogP contribution in [0.1, 0.15) is 11.1 Å². The molecule has 0 atom stereocenters. The van der Waals surface area contributed by atoms with Crippen molar-refractivity contribution in [1.82, 2.24) is 9.13 Å². The summed E-state index contributed by atoms with van der Waals surface area (Å²) in [6.07, 6.45) is 0. The van der Waals surface area contributed by atoms with E-state index in [1.54, 1.807) is 0 Å². The van der Waals surface area contributed by atoms with Gasteiger partial charge in [0.2, 0.25) is 0 Å². The largest absolute Gasteiger partial charge is 0.335 e. The van der Waals surface area contributed by atoms with Crippen LogP contribution in [0.4, 0.5) is 34.1 Å². The molecule has 0 fully saturated rings. The number of rotatable bonds is 6. The van der Waals surface area contributed by atoms with Gasteiger partial charge in [0, 0.05) is 79.9 Å². The smallest absolute Gasteiger partial charge is 0.0574 e. The molecule has 0 aliphatic carbocycles. The summed E-state index contributed by atoms with van der Waals surface area (Å²) in [5.41, 5.74) is 20.0. The SMILES string of the molecule is c1ccc(N(c2ccccc2)c2ccc3c(c2)Cn2c4cc5c6cccc7c6n(c5cc4c4cccc-3c42)Cc2cc(N(c3ccccc3)c3ccccc3)ccc2-7)cc1. The van der Waals surface area contributed by atoms with E-state index in [2.05, 4.69) is 225 Å². The summed E-state index contributed by atoms with van der Waals surface area (Å²) in [5, 5.41) is 5.24. The van der Waals surface area contributed by atoms with Crippen LogP contribution >= 0.6 is 0 Å². The third kappa shape index (κ3) is 4.85. The van der Waals surface area contributed by atoms with Gasteiger partial charge < -0.3 is 18.9 Å². The maximum atomic E-state index is 2.58. The molecule has 4 nitrogen and oxygen atoms in total. The minimum Gasteiger partial charge on any atom is -0.335 e. The van der Waals surface area contributed by atoms with Gasteiger partial charge in [-0.1, -0.05) is 121 Å². The molecule has 13 rings (SSSR count). The van der Waals surface area contributed by atoms with Crippen molar-refractivity contribution in [3.63, 3.8) is 0 Å². The Morgan fingerprint density at radius 1 is 0.283 bits per heavy atom. The van der Waals surface area contributed by atoms with Gasteiger partial charge in [-0.05, 0) is 107 Å². The van der Waals surface area contributed by atoms with Crippen LogP contribution < -0.4 is 9.80 Å². The number of hydrogen-bond donors (Lipinski definition) is 0. The lowest BCUT2D eigenvalue weighted by Crippen LogP contribution is -2.12. The fourth-order valence-electron chi connectivity index (χ4n) is 10.3. The Kier molecular flexibility index (Phi) is 7.10. The van der Waals surface area contributed by atoms with Gasteiger partial charge in [-0.15, -0.1) is 0 Å². The van der Waals surface area contributed by atoms with Crippen LogP contribution in [0.25, 0.3) is 65.9 Å². The van der Waals surface area contributed by atoms with Crippen LogP contribution in [0, 0.1) is 0 Å². The third-order valence-electron chi connectivity index (χ3n) is 12.9. The van der Waals surface area contributed by atoms with Crippen LogP contribution in [-0.2, 0) is 13.1 Å². The zero-order valence-electron chi connectivity index (χ0n) is 32.8. The Morgan fingerprint density at radius 3 is 1.02 bits per heavy atom. The molecule has 4 heteroatoms. The average molecular weight is 767 g/mol. The zero-order valence-corrected chi connectivity index (χ0v) is 32.8. The summed E-state index contributed by atoms with van der Waals surface area (Å²) >= 11 is 0. The highest BCUT2D eigenvalue weighted by atomic mass is 15.1. The number of hydrogen-bond acceptors (Lipinski definition) is 2. The number of nitrogens with zero attached hydrogens (tertiary/aromatic N) is 4. The highest BCUT2D eigenvalue weighted by molar-refractivity contribution is 6.22. The molecular weight excluding hydrogens is 729 g/mol. The van der Waals surface area contributed by atoms with Crippen LogP contribution in [0.5, 0.6) is 0 Å². The van der Waals surface area contributed by atoms with Gasteiger partial charge >= 0.3 is 0 Å². The molecule has 60 heavy (non-hydrogen) atoms. The molecule has 0 N–H and O–H groups in total. The van der Waals surface area contributed by atoms with E-state index in [0.29, 0.717) is 0 Å². The first-order valence-electron chi connectivity index (χ1n) is 20.8. The highest BCUT2D eigenvalue weighted by Crippen LogP contribution is 2.48. The second kappa shape index (κ2) is 12.8. The zero-order chi connectivity index (χ0) is 39.3. The van der Waals surface area contributed by atoms with Gasteiger partial charge in [-0.25, -0.2) is 0 Å². The summed E-state index contributed by atoms with van der Waals surface area (Å²) in [7, 11) is 0. The number of aromatic nitrogens is 2. The van der Waals surface area contributed by atoms with Crippen molar-refractivity contribution in [3.8, 4) is 22.3 Å². The maximum Gasteiger partial charge on any atom is 0.0574 e. The molecule has 11 aromatic rings. The monoisotopic (exact) mass is 766 g/mol. The molecular formula is C56H38N4. The van der Waals surface area contributed by atoms with Crippen molar-refractivity contribution in [2.24, 2.45) is 0 Å². The molecule has 2 aromatic heterocycles. The molecule has 2 aliphatic heterocycles. The molecule has 4 heterocycles. The first-order chi connectivity index (χ1) is 29.8. The lowest BCUT2D eigenvalue weighted by atomic mass is 9.94. The second-order valence-corrected chi connectivity index (χ2v) is 16.2. The summed E-state index contributed by atoms with van der Waals surface area (Å²) in [6, 6.07) is 75.6. The van der Waals surface area contributed by atoms with E-state index in [1.807, 2.05) is 0 Å². The van der Waals surface area contributed by atoms with Gasteiger partial charge in [0.1, 0.15) is 0 Å². The van der Waals surface area contributed by atoms with E-state index in [0.717, 1.165) is 47.2 Å². The van der Waals surface area contributed by atoms with Crippen molar-refractivity contribution in [2.45, 2.75) is 13.1 Å². The molecule has 0 saturated heterocycles. The van der Waals surface area contributed by atoms with E-state index < -0.39 is 0 Å². The van der Waals surface area contributed by atoms with Gasteiger partial charge in [-0.2, -0.15) is 0 Å². The molecule has 9 aromatic carbocycles. The topological polar surface area (TPSA) is 16.3 Å². The Morgan fingerprint density at radius 2 is 0.650 bits per heavy atom. The predicted molar refractivity (Wildman–Crippen MR) is 251 cm³/mol. The summed E-state index contributed by atoms with van der Waals surface area (Å²) in [6.45, 7) is 1.61. The minimum absolute atomic E-state index is 0.806. The lowest BCUT2D eigenvalue weighted by Gasteiger charge is -2.28. The number of benzene rings is 9. The summed E-state index contributed by atoms with van der Waals surface area (Å²) in [5.74, 6) is 0. The number of fused-ring (bicyclic) bond motifs is 10. The highest BCUT2D eigenvalue weighted by Gasteiger charge is 2.27. The predicted octanol–water partition coefficient (Wildman–Crippen LogP) is 14.9. The third-order valence-corrected chi connectivity index (χ3v) is 12.9. The van der Waals surface area contributed by atoms with E-state index in [9.17, 15) is 0 Å². The van der Waals surface area contributed by atoms with Crippen molar-refractivity contribution in [1.29, 1.82) is 0 Å². The van der Waals surface area contributed by atoms with Crippen molar-refractivity contribution < 1.29 is 0 Å². The maximum absolute atomic E-state index is 2.58. The molecule has 0 radical (unpaired) electrons. The fourth-order valence-corrected chi connectivity index (χ4v) is 10.3. The second-order valence-electron chi connectivity index (χ2n) is 16.2. The van der Waals surface area contributed by atoms with Gasteiger partial charge in [0.15, 0.2) is 0 Å². The van der Waals surface area contributed by atoms with Crippen LogP contribution in [0.3, 0.4) is 0 Å². The normalized spacial score (nSPS) is 12.5. The Balaban J connectivity index is 0.963. The van der Waals surface area contributed by atoms with Crippen LogP contribution in [0.15, 0.2) is 206 Å². The standard InChI is InChI=1S/C56H38N4/c1-5-15-39(16-6-1)59(40-17-7-2-8-18-40)43-27-29-45-37(31-43)35-57-53-33-52-50-26-14-24-48-46-30-28-44(60(41-19-9-3-10-20-41)42-21-11-4-12-22-42)32-38(46)36-58(56(48)50)54(52)34-51(53)49-25-13-23-47(45)55(49)57/h1-34H,35-36H2. The first kappa shape index (κ1) is 33.2. The lowest BCUT2D eigenvalue weighted by molar-refractivity contribution is 0.857. The molecule has 2 aliphatic rings. The summed E-state index contributed by atoms with van der Waals surface area (Å²) in [4.78, 5) is 4.73. The quantitative estimate of drug-likeness (QED) is 0.168. The van der Waals surface area contributed by atoms with Gasteiger partial charge in [0.25, 0.3) is 0 Å². The van der Waals surface area contributed by atoms with Crippen LogP contribution in [0.2, 0.25) is 0 Å². The Hall–Kier alpha value is -7.82. The molecule has 0 spiro atoms. The van der Waals surface area contributed by atoms with E-state index in [1.165, 1.54) is 77.0 Å². The Bertz CT molecular complexity index is 3160. The van der Waals surface area contributed by atoms with Crippen molar-refractivity contribution >= 4 is 77.7 Å². The van der Waals surface area contributed by atoms with Gasteiger partial charge in [0.05, 0.1) is 22.1 Å². The number of para-hydroxylation sites is 6. The molecule has 0 unspecified atom stereocenters. The van der Waals surface area contributed by atoms with Crippen molar-refractivity contribution in [2.75, 3.05) is 9.80 Å². The molecule has 0 amide bonds. The van der Waals surface area contributed by atoms with Gasteiger partial charge in [-0.3, -0.25) is 0 Å². The van der Waals surface area contributed by atoms with E-state index >= 15 is 0 Å². The molecule has 0 bridgehead atoms. The Labute approximate surface area is 348 Å². The fraction of sp³-hybridized carbons (Fsp3) is 0.0357. The van der Waals surface area contributed by atoms with Crippen molar-refractivity contribution in [3.05, 3.63) is 217 Å². The van der Waals surface area contributed by atoms with E-state index in [4.69, 9.17) is 0 Å². The number of anilines is 6. The average Bonchev–Trinajstić information content (AvgIpc) is 3.79. The van der Waals surface area contributed by atoms with Crippen LogP contribution in [-0.4, -0.2) is 9.13 Å². The molecule has 0 saturated carbocycles. The molecule has 282 valence electrons.